The number of nitrogens with zero attached hydrogens (tertiary/aromatic N) is 2. The molecule has 2 saturated heterocycles. The molecule has 1 aromatic carbocycles. The van der Waals surface area contributed by atoms with Crippen LogP contribution in [-0.2, 0) is 16.4 Å². The first kappa shape index (κ1) is 17.9. The van der Waals surface area contributed by atoms with E-state index in [0.717, 1.165) is 19.0 Å². The average molecular weight is 351 g/mol. The molecule has 134 valence electrons. The highest BCUT2D eigenvalue weighted by atomic mass is 32.2. The van der Waals surface area contributed by atoms with Gasteiger partial charge in [-0.2, -0.15) is 0 Å². The normalized spacial score (nSPS) is 24.1. The minimum absolute atomic E-state index is 0.410. The van der Waals surface area contributed by atoms with E-state index in [2.05, 4.69) is 9.80 Å². The lowest BCUT2D eigenvalue weighted by Gasteiger charge is -2.37. The van der Waals surface area contributed by atoms with Gasteiger partial charge >= 0.3 is 0 Å². The highest BCUT2D eigenvalue weighted by Crippen LogP contribution is 2.21. The molecule has 0 unspecified atom stereocenters. The first-order valence-corrected chi connectivity index (χ1v) is 11.1. The minimum atomic E-state index is -3.10. The van der Waals surface area contributed by atoms with Crippen LogP contribution in [-0.4, -0.2) is 57.2 Å². The summed E-state index contributed by atoms with van der Waals surface area (Å²) in [5, 5.41) is 0. The average Bonchev–Trinajstić information content (AvgIpc) is 2.56. The zero-order chi connectivity index (χ0) is 17.0. The Bertz CT molecular complexity index is 621. The Kier molecular flexibility index (Phi) is 5.95. The first-order chi connectivity index (χ1) is 11.5. The molecule has 0 spiro atoms. The van der Waals surface area contributed by atoms with Crippen LogP contribution in [0.2, 0.25) is 0 Å². The summed E-state index contributed by atoms with van der Waals surface area (Å²) in [6, 6.07) is 7.40. The van der Waals surface area contributed by atoms with Gasteiger partial charge in [0.2, 0.25) is 0 Å². The van der Waals surface area contributed by atoms with Gasteiger partial charge in [0, 0.05) is 25.9 Å². The molecule has 0 aliphatic carbocycles. The molecule has 0 aromatic heterocycles. The number of sulfone groups is 1. The van der Waals surface area contributed by atoms with Crippen molar-refractivity contribution in [3.8, 4) is 0 Å². The lowest BCUT2D eigenvalue weighted by atomic mass is 9.96. The molecule has 4 nitrogen and oxygen atoms in total. The molecule has 2 fully saturated rings. The summed E-state index contributed by atoms with van der Waals surface area (Å²) in [5.41, 5.74) is 1.21. The maximum atomic E-state index is 11.6. The van der Waals surface area contributed by atoms with Crippen molar-refractivity contribution in [3.05, 3.63) is 29.8 Å². The summed E-state index contributed by atoms with van der Waals surface area (Å²) < 4.78 is 23.1. The van der Waals surface area contributed by atoms with Crippen molar-refractivity contribution < 1.29 is 8.42 Å². The van der Waals surface area contributed by atoms with E-state index in [1.165, 1.54) is 70.1 Å². The molecule has 0 bridgehead atoms. The molecule has 3 rings (SSSR count). The Hall–Kier alpha value is -0.910. The quantitative estimate of drug-likeness (QED) is 0.819. The smallest absolute Gasteiger partial charge is 0.175 e. The van der Waals surface area contributed by atoms with Crippen LogP contribution in [0, 0.1) is 5.92 Å². The largest absolute Gasteiger partial charge is 0.303 e. The van der Waals surface area contributed by atoms with E-state index in [-0.39, 0.29) is 0 Å². The van der Waals surface area contributed by atoms with Crippen molar-refractivity contribution in [1.29, 1.82) is 0 Å². The fraction of sp³-hybridized carbons (Fsp3) is 0.684. The van der Waals surface area contributed by atoms with Crippen LogP contribution in [0.5, 0.6) is 0 Å². The van der Waals surface area contributed by atoms with Crippen LogP contribution in [0.15, 0.2) is 29.2 Å². The molecular formula is C19H30N2O2S. The maximum absolute atomic E-state index is 11.6. The fourth-order valence-electron chi connectivity index (χ4n) is 4.05. The van der Waals surface area contributed by atoms with Gasteiger partial charge in [0.15, 0.2) is 9.84 Å². The first-order valence-electron chi connectivity index (χ1n) is 9.24. The highest BCUT2D eigenvalue weighted by molar-refractivity contribution is 7.90. The third kappa shape index (κ3) is 5.04. The molecule has 0 radical (unpaired) electrons. The Morgan fingerprint density at radius 1 is 0.958 bits per heavy atom. The van der Waals surface area contributed by atoms with E-state index in [1.807, 2.05) is 12.1 Å². The second-order valence-corrected chi connectivity index (χ2v) is 9.54. The van der Waals surface area contributed by atoms with Crippen LogP contribution in [0.25, 0.3) is 0 Å². The van der Waals surface area contributed by atoms with E-state index in [4.69, 9.17) is 0 Å². The van der Waals surface area contributed by atoms with Crippen LogP contribution in [0.4, 0.5) is 0 Å². The van der Waals surface area contributed by atoms with Gasteiger partial charge < -0.3 is 4.90 Å². The Morgan fingerprint density at radius 3 is 2.29 bits per heavy atom. The molecule has 0 saturated carbocycles. The standard InChI is InChI=1S/C19H30N2O2S/c1-24(22,23)19-9-7-17(8-10-19)14-21-13-5-6-18(16-21)15-20-11-3-2-4-12-20/h7-10,18H,2-6,11-16H2,1H3/t18-/m0/s1. The summed E-state index contributed by atoms with van der Waals surface area (Å²) in [6.07, 6.45) is 8.01. The number of hydrogen-bond acceptors (Lipinski definition) is 4. The lowest BCUT2D eigenvalue weighted by Crippen LogP contribution is -2.42. The number of hydrogen-bond donors (Lipinski definition) is 0. The van der Waals surface area contributed by atoms with Crippen molar-refractivity contribution in [2.75, 3.05) is 39.0 Å². The van der Waals surface area contributed by atoms with Crippen molar-refractivity contribution in [2.24, 2.45) is 5.92 Å². The topological polar surface area (TPSA) is 40.6 Å². The summed E-state index contributed by atoms with van der Waals surface area (Å²) in [4.78, 5) is 5.60. The summed E-state index contributed by atoms with van der Waals surface area (Å²) in [7, 11) is -3.10. The second-order valence-electron chi connectivity index (χ2n) is 7.52. The Morgan fingerprint density at radius 2 is 1.62 bits per heavy atom. The van der Waals surface area contributed by atoms with Crippen LogP contribution in [0.3, 0.4) is 0 Å². The van der Waals surface area contributed by atoms with Crippen LogP contribution in [0.1, 0.15) is 37.7 Å². The SMILES string of the molecule is CS(=O)(=O)c1ccc(CN2CCC[C@@H](CN3CCCCC3)C2)cc1. The number of benzene rings is 1. The molecule has 1 aromatic rings. The third-order valence-electron chi connectivity index (χ3n) is 5.33. The highest BCUT2D eigenvalue weighted by Gasteiger charge is 2.23. The number of piperidine rings is 2. The second kappa shape index (κ2) is 7.98. The molecule has 24 heavy (non-hydrogen) atoms. The Balaban J connectivity index is 1.53. The summed E-state index contributed by atoms with van der Waals surface area (Å²) in [5.74, 6) is 0.784. The molecule has 1 atom stereocenters. The van der Waals surface area contributed by atoms with Gasteiger partial charge in [0.1, 0.15) is 0 Å². The van der Waals surface area contributed by atoms with E-state index < -0.39 is 9.84 Å². The molecular weight excluding hydrogens is 320 g/mol. The van der Waals surface area contributed by atoms with Gasteiger partial charge in [-0.05, 0) is 68.9 Å². The predicted octanol–water partition coefficient (Wildman–Crippen LogP) is 2.79. The third-order valence-corrected chi connectivity index (χ3v) is 6.45. The number of rotatable bonds is 5. The van der Waals surface area contributed by atoms with Crippen molar-refractivity contribution in [3.63, 3.8) is 0 Å². The molecule has 0 N–H and O–H groups in total. The molecule has 5 heteroatoms. The summed E-state index contributed by atoms with van der Waals surface area (Å²) in [6.45, 7) is 7.08. The van der Waals surface area contributed by atoms with Crippen LogP contribution >= 0.6 is 0 Å². The maximum Gasteiger partial charge on any atom is 0.175 e. The molecule has 2 aliphatic rings. The molecule has 2 heterocycles. The van der Waals surface area contributed by atoms with Gasteiger partial charge in [0.05, 0.1) is 4.90 Å². The zero-order valence-corrected chi connectivity index (χ0v) is 15.6. The van der Waals surface area contributed by atoms with E-state index in [9.17, 15) is 8.42 Å². The van der Waals surface area contributed by atoms with Gasteiger partial charge in [-0.25, -0.2) is 8.42 Å². The van der Waals surface area contributed by atoms with Gasteiger partial charge in [-0.3, -0.25) is 4.90 Å². The van der Waals surface area contributed by atoms with Gasteiger partial charge in [-0.15, -0.1) is 0 Å². The lowest BCUT2D eigenvalue weighted by molar-refractivity contribution is 0.118. The Labute approximate surface area is 146 Å². The predicted molar refractivity (Wildman–Crippen MR) is 97.8 cm³/mol. The van der Waals surface area contributed by atoms with Crippen molar-refractivity contribution in [1.82, 2.24) is 9.80 Å². The van der Waals surface area contributed by atoms with E-state index in [0.29, 0.717) is 4.90 Å². The monoisotopic (exact) mass is 350 g/mol. The minimum Gasteiger partial charge on any atom is -0.303 e. The number of likely N-dealkylation sites (tertiary alicyclic amines) is 2. The van der Waals surface area contributed by atoms with Crippen LogP contribution < -0.4 is 0 Å². The van der Waals surface area contributed by atoms with E-state index in [1.54, 1.807) is 12.1 Å². The van der Waals surface area contributed by atoms with Crippen molar-refractivity contribution >= 4 is 9.84 Å². The van der Waals surface area contributed by atoms with Gasteiger partial charge in [0.25, 0.3) is 0 Å². The fourth-order valence-corrected chi connectivity index (χ4v) is 4.68. The van der Waals surface area contributed by atoms with Crippen molar-refractivity contribution in [2.45, 2.75) is 43.5 Å². The van der Waals surface area contributed by atoms with Gasteiger partial charge in [-0.1, -0.05) is 18.6 Å². The summed E-state index contributed by atoms with van der Waals surface area (Å²) >= 11 is 0. The van der Waals surface area contributed by atoms with E-state index >= 15 is 0 Å². The molecule has 0 amide bonds. The molecule has 2 aliphatic heterocycles. The zero-order valence-electron chi connectivity index (χ0n) is 14.8.